The van der Waals surface area contributed by atoms with Gasteiger partial charge >= 0.3 is 0 Å². The highest BCUT2D eigenvalue weighted by molar-refractivity contribution is 6.33. The van der Waals surface area contributed by atoms with Crippen molar-refractivity contribution in [3.05, 3.63) is 53.6 Å². The maximum Gasteiger partial charge on any atom is 0.248 e. The fourth-order valence-electron chi connectivity index (χ4n) is 2.80. The number of hydrogen-bond donors (Lipinski definition) is 2. The smallest absolute Gasteiger partial charge is 0.248 e. The van der Waals surface area contributed by atoms with Gasteiger partial charge in [0.05, 0.1) is 28.5 Å². The molecule has 1 atom stereocenters. The van der Waals surface area contributed by atoms with Gasteiger partial charge in [0.2, 0.25) is 17.7 Å². The van der Waals surface area contributed by atoms with Crippen LogP contribution in [0.3, 0.4) is 0 Å². The quantitative estimate of drug-likeness (QED) is 0.886. The molecule has 2 aromatic carbocycles. The van der Waals surface area contributed by atoms with Gasteiger partial charge < -0.3 is 10.6 Å². The zero-order valence-electron chi connectivity index (χ0n) is 13.5. The van der Waals surface area contributed by atoms with Crippen LogP contribution in [0.2, 0.25) is 5.02 Å². The van der Waals surface area contributed by atoms with Gasteiger partial charge in [-0.05, 0) is 24.3 Å². The van der Waals surface area contributed by atoms with Crippen molar-refractivity contribution in [3.8, 4) is 0 Å². The van der Waals surface area contributed by atoms with Crippen LogP contribution in [-0.2, 0) is 14.4 Å². The van der Waals surface area contributed by atoms with Crippen molar-refractivity contribution in [2.45, 2.75) is 19.4 Å². The Kier molecular flexibility index (Phi) is 4.72. The number of rotatable bonds is 3. The number of carbonyl (C=O) groups excluding carboxylic acids is 3. The number of para-hydroxylation sites is 3. The first-order valence-corrected chi connectivity index (χ1v) is 8.09. The molecule has 1 heterocycles. The van der Waals surface area contributed by atoms with Crippen molar-refractivity contribution in [2.75, 3.05) is 15.5 Å². The van der Waals surface area contributed by atoms with E-state index in [0.29, 0.717) is 22.1 Å². The molecule has 1 aliphatic heterocycles. The molecule has 0 aromatic heterocycles. The van der Waals surface area contributed by atoms with Crippen LogP contribution in [0.5, 0.6) is 0 Å². The van der Waals surface area contributed by atoms with E-state index < -0.39 is 17.9 Å². The zero-order chi connectivity index (χ0) is 18.0. The van der Waals surface area contributed by atoms with E-state index in [-0.39, 0.29) is 12.3 Å². The number of hydrogen-bond acceptors (Lipinski definition) is 3. The summed E-state index contributed by atoms with van der Waals surface area (Å²) in [6, 6.07) is 12.9. The Morgan fingerprint density at radius 3 is 2.56 bits per heavy atom. The summed E-state index contributed by atoms with van der Waals surface area (Å²) >= 11 is 6.03. The molecule has 0 aliphatic carbocycles. The molecular weight excluding hydrogens is 342 g/mol. The van der Waals surface area contributed by atoms with E-state index >= 15 is 0 Å². The minimum absolute atomic E-state index is 0.176. The van der Waals surface area contributed by atoms with Gasteiger partial charge in [-0.15, -0.1) is 0 Å². The van der Waals surface area contributed by atoms with Crippen molar-refractivity contribution in [2.24, 2.45) is 0 Å². The van der Waals surface area contributed by atoms with Gasteiger partial charge in [0.1, 0.15) is 6.04 Å². The summed E-state index contributed by atoms with van der Waals surface area (Å²) < 4.78 is 0. The average molecular weight is 358 g/mol. The first kappa shape index (κ1) is 17.0. The molecule has 7 heteroatoms. The second-order valence-corrected chi connectivity index (χ2v) is 6.05. The van der Waals surface area contributed by atoms with E-state index in [0.717, 1.165) is 0 Å². The Morgan fingerprint density at radius 1 is 1.16 bits per heavy atom. The Labute approximate surface area is 149 Å². The maximum absolute atomic E-state index is 12.4. The van der Waals surface area contributed by atoms with E-state index in [4.69, 9.17) is 11.6 Å². The number of amides is 3. The molecule has 0 bridgehead atoms. The molecule has 1 aliphatic rings. The SMILES string of the molecule is CC(=O)N1c2ccccc2NC(=O)[C@@H]1CC(=O)Nc1ccccc1Cl. The third-order valence-corrected chi connectivity index (χ3v) is 4.23. The Hall–Kier alpha value is -2.86. The standard InChI is InChI=1S/C18H16ClN3O3/c1-11(23)22-15-9-5-4-8-14(15)21-18(25)16(22)10-17(24)20-13-7-3-2-6-12(13)19/h2-9,16H,10H2,1H3,(H,20,24)(H,21,25)/t16-/m0/s1. The van der Waals surface area contributed by atoms with Crippen LogP contribution in [-0.4, -0.2) is 23.8 Å². The monoisotopic (exact) mass is 357 g/mol. The fourth-order valence-corrected chi connectivity index (χ4v) is 2.99. The van der Waals surface area contributed by atoms with Crippen molar-refractivity contribution in [3.63, 3.8) is 0 Å². The van der Waals surface area contributed by atoms with Gasteiger partial charge in [-0.25, -0.2) is 0 Å². The highest BCUT2D eigenvalue weighted by atomic mass is 35.5. The average Bonchev–Trinajstić information content (AvgIpc) is 2.57. The summed E-state index contributed by atoms with van der Waals surface area (Å²) in [5.41, 5.74) is 1.58. The first-order chi connectivity index (χ1) is 12.0. The van der Waals surface area contributed by atoms with Gasteiger partial charge in [-0.1, -0.05) is 35.9 Å². The second-order valence-electron chi connectivity index (χ2n) is 5.64. The number of fused-ring (bicyclic) bond motifs is 1. The van der Waals surface area contributed by atoms with Crippen LogP contribution in [0, 0.1) is 0 Å². The Bertz CT molecular complexity index is 853. The van der Waals surface area contributed by atoms with Crippen LogP contribution >= 0.6 is 11.6 Å². The molecular formula is C18H16ClN3O3. The molecule has 0 saturated carbocycles. The van der Waals surface area contributed by atoms with Crippen LogP contribution in [0.25, 0.3) is 0 Å². The minimum atomic E-state index is -0.921. The number of nitrogens with zero attached hydrogens (tertiary/aromatic N) is 1. The summed E-state index contributed by atoms with van der Waals surface area (Å²) in [5, 5.41) is 5.81. The summed E-state index contributed by atoms with van der Waals surface area (Å²) in [4.78, 5) is 38.2. The highest BCUT2D eigenvalue weighted by Gasteiger charge is 2.36. The van der Waals surface area contributed by atoms with Crippen LogP contribution in [0.1, 0.15) is 13.3 Å². The van der Waals surface area contributed by atoms with Crippen molar-refractivity contribution < 1.29 is 14.4 Å². The zero-order valence-corrected chi connectivity index (χ0v) is 14.2. The normalized spacial score (nSPS) is 16.0. The van der Waals surface area contributed by atoms with E-state index in [1.54, 1.807) is 48.5 Å². The number of anilines is 3. The molecule has 2 N–H and O–H groups in total. The largest absolute Gasteiger partial charge is 0.325 e. The molecule has 128 valence electrons. The molecule has 3 amide bonds. The fraction of sp³-hybridized carbons (Fsp3) is 0.167. The van der Waals surface area contributed by atoms with Gasteiger partial charge in [-0.3, -0.25) is 19.3 Å². The molecule has 0 unspecified atom stereocenters. The second kappa shape index (κ2) is 6.94. The van der Waals surface area contributed by atoms with Gasteiger partial charge in [0.25, 0.3) is 0 Å². The van der Waals surface area contributed by atoms with E-state index in [1.807, 2.05) is 0 Å². The van der Waals surface area contributed by atoms with E-state index in [9.17, 15) is 14.4 Å². The number of benzene rings is 2. The third kappa shape index (κ3) is 3.49. The molecule has 0 spiro atoms. The Morgan fingerprint density at radius 2 is 1.84 bits per heavy atom. The lowest BCUT2D eigenvalue weighted by Crippen LogP contribution is -2.51. The van der Waals surface area contributed by atoms with E-state index in [2.05, 4.69) is 10.6 Å². The van der Waals surface area contributed by atoms with Crippen LogP contribution in [0.15, 0.2) is 48.5 Å². The molecule has 0 fully saturated rings. The lowest BCUT2D eigenvalue weighted by atomic mass is 10.0. The van der Waals surface area contributed by atoms with Gasteiger partial charge in [0.15, 0.2) is 0 Å². The topological polar surface area (TPSA) is 78.5 Å². The van der Waals surface area contributed by atoms with Crippen LogP contribution < -0.4 is 15.5 Å². The number of halogens is 1. The first-order valence-electron chi connectivity index (χ1n) is 7.71. The molecule has 6 nitrogen and oxygen atoms in total. The van der Waals surface area contributed by atoms with Gasteiger partial charge in [-0.2, -0.15) is 0 Å². The number of carbonyl (C=O) groups is 3. The molecule has 3 rings (SSSR count). The van der Waals surface area contributed by atoms with Crippen molar-refractivity contribution in [1.29, 1.82) is 0 Å². The molecule has 2 aromatic rings. The maximum atomic E-state index is 12.4. The molecule has 25 heavy (non-hydrogen) atoms. The summed E-state index contributed by atoms with van der Waals surface area (Å²) in [6.45, 7) is 1.37. The van der Waals surface area contributed by atoms with Crippen molar-refractivity contribution >= 4 is 46.4 Å². The van der Waals surface area contributed by atoms with Crippen LogP contribution in [0.4, 0.5) is 17.1 Å². The van der Waals surface area contributed by atoms with Gasteiger partial charge in [0, 0.05) is 6.92 Å². The lowest BCUT2D eigenvalue weighted by Gasteiger charge is -2.35. The minimum Gasteiger partial charge on any atom is -0.325 e. The highest BCUT2D eigenvalue weighted by Crippen LogP contribution is 2.33. The summed E-state index contributed by atoms with van der Waals surface area (Å²) in [5.74, 6) is -1.11. The lowest BCUT2D eigenvalue weighted by molar-refractivity contribution is -0.125. The van der Waals surface area contributed by atoms with Crippen molar-refractivity contribution in [1.82, 2.24) is 0 Å². The predicted molar refractivity (Wildman–Crippen MR) is 96.7 cm³/mol. The Balaban J connectivity index is 1.83. The third-order valence-electron chi connectivity index (χ3n) is 3.90. The predicted octanol–water partition coefficient (Wildman–Crippen LogP) is 3.04. The molecule has 0 saturated heterocycles. The summed E-state index contributed by atoms with van der Waals surface area (Å²) in [7, 11) is 0. The summed E-state index contributed by atoms with van der Waals surface area (Å²) in [6.07, 6.45) is -0.176. The van der Waals surface area contributed by atoms with E-state index in [1.165, 1.54) is 11.8 Å². The molecule has 0 radical (unpaired) electrons. The number of nitrogens with one attached hydrogen (secondary N) is 2.